The van der Waals surface area contributed by atoms with Gasteiger partial charge >= 0.3 is 11.7 Å². The summed E-state index contributed by atoms with van der Waals surface area (Å²) in [5, 5.41) is 13.1. The van der Waals surface area contributed by atoms with E-state index < -0.39 is 34.9 Å². The minimum atomic E-state index is -1.04. The van der Waals surface area contributed by atoms with Crippen molar-refractivity contribution in [2.24, 2.45) is 0 Å². The first kappa shape index (κ1) is 21.6. The van der Waals surface area contributed by atoms with Crippen LogP contribution >= 0.6 is 0 Å². The SMILES string of the molecule is Cc1cc(C(=O)OCC(=O)Nc2ccc(F)c([N+](=O)[O-])c2)c(C)n1-c1ccc(F)cc1. The lowest BCUT2D eigenvalue weighted by Crippen LogP contribution is -2.21. The molecule has 3 rings (SSSR count). The number of aromatic nitrogens is 1. The van der Waals surface area contributed by atoms with Crippen LogP contribution in [0.1, 0.15) is 21.7 Å². The monoisotopic (exact) mass is 429 g/mol. The van der Waals surface area contributed by atoms with Gasteiger partial charge in [0, 0.05) is 28.8 Å². The summed E-state index contributed by atoms with van der Waals surface area (Å²) in [7, 11) is 0. The van der Waals surface area contributed by atoms with Crippen LogP contribution in [-0.4, -0.2) is 28.0 Å². The van der Waals surface area contributed by atoms with E-state index in [2.05, 4.69) is 5.32 Å². The summed E-state index contributed by atoms with van der Waals surface area (Å²) in [6.07, 6.45) is 0. The fourth-order valence-electron chi connectivity index (χ4n) is 3.09. The maximum Gasteiger partial charge on any atom is 0.340 e. The molecule has 31 heavy (non-hydrogen) atoms. The fourth-order valence-corrected chi connectivity index (χ4v) is 3.09. The van der Waals surface area contributed by atoms with Crippen molar-refractivity contribution in [1.82, 2.24) is 4.57 Å². The summed E-state index contributed by atoms with van der Waals surface area (Å²) in [6.45, 7) is 2.80. The Morgan fingerprint density at radius 3 is 2.42 bits per heavy atom. The van der Waals surface area contributed by atoms with E-state index in [1.54, 1.807) is 36.6 Å². The van der Waals surface area contributed by atoms with Crippen LogP contribution in [0.15, 0.2) is 48.5 Å². The van der Waals surface area contributed by atoms with Crippen LogP contribution in [0.5, 0.6) is 0 Å². The molecule has 3 aromatic rings. The van der Waals surface area contributed by atoms with E-state index in [0.29, 0.717) is 17.1 Å². The molecule has 0 spiro atoms. The molecule has 8 nitrogen and oxygen atoms in total. The van der Waals surface area contributed by atoms with Gasteiger partial charge in [-0.05, 0) is 56.3 Å². The van der Waals surface area contributed by atoms with Gasteiger partial charge in [-0.15, -0.1) is 0 Å². The summed E-state index contributed by atoms with van der Waals surface area (Å²) >= 11 is 0. The molecule has 160 valence electrons. The number of nitrogens with one attached hydrogen (secondary N) is 1. The Morgan fingerprint density at radius 1 is 1.10 bits per heavy atom. The molecular formula is C21H17F2N3O5. The second-order valence-corrected chi connectivity index (χ2v) is 6.64. The second-order valence-electron chi connectivity index (χ2n) is 6.64. The van der Waals surface area contributed by atoms with Gasteiger partial charge in [0.25, 0.3) is 5.91 Å². The molecule has 0 unspecified atom stereocenters. The van der Waals surface area contributed by atoms with E-state index in [1.807, 2.05) is 0 Å². The average Bonchev–Trinajstić information content (AvgIpc) is 3.02. The zero-order valence-electron chi connectivity index (χ0n) is 16.5. The van der Waals surface area contributed by atoms with E-state index in [-0.39, 0.29) is 17.1 Å². The highest BCUT2D eigenvalue weighted by molar-refractivity contribution is 5.96. The molecule has 10 heteroatoms. The minimum absolute atomic E-state index is 0.0105. The van der Waals surface area contributed by atoms with Crippen molar-refractivity contribution < 1.29 is 28.0 Å². The van der Waals surface area contributed by atoms with Crippen LogP contribution in [0.3, 0.4) is 0 Å². The first-order chi connectivity index (χ1) is 14.7. The molecule has 1 aromatic heterocycles. The number of nitro benzene ring substituents is 1. The molecule has 0 aliphatic rings. The van der Waals surface area contributed by atoms with Crippen LogP contribution in [0, 0.1) is 35.6 Å². The predicted octanol–water partition coefficient (Wildman–Crippen LogP) is 4.08. The third kappa shape index (κ3) is 4.74. The Hall–Kier alpha value is -4.08. The smallest absolute Gasteiger partial charge is 0.340 e. The number of hydrogen-bond donors (Lipinski definition) is 1. The number of amides is 1. The van der Waals surface area contributed by atoms with Crippen molar-refractivity contribution in [1.29, 1.82) is 0 Å². The number of esters is 1. The molecule has 2 aromatic carbocycles. The van der Waals surface area contributed by atoms with E-state index in [4.69, 9.17) is 4.74 Å². The molecule has 0 saturated heterocycles. The summed E-state index contributed by atoms with van der Waals surface area (Å²) in [6, 6.07) is 10.2. The van der Waals surface area contributed by atoms with E-state index in [1.165, 1.54) is 12.1 Å². The first-order valence-electron chi connectivity index (χ1n) is 9.03. The van der Waals surface area contributed by atoms with Crippen molar-refractivity contribution in [3.05, 3.63) is 87.2 Å². The Labute approximate surface area is 175 Å². The van der Waals surface area contributed by atoms with Gasteiger partial charge in [0.05, 0.1) is 10.5 Å². The van der Waals surface area contributed by atoms with Gasteiger partial charge < -0.3 is 14.6 Å². The molecule has 0 atom stereocenters. The van der Waals surface area contributed by atoms with Gasteiger partial charge in [-0.1, -0.05) is 0 Å². The molecule has 1 heterocycles. The highest BCUT2D eigenvalue weighted by Gasteiger charge is 2.20. The summed E-state index contributed by atoms with van der Waals surface area (Å²) in [4.78, 5) is 34.3. The highest BCUT2D eigenvalue weighted by Crippen LogP contribution is 2.23. The number of carbonyl (C=O) groups is 2. The molecule has 0 fully saturated rings. The molecule has 0 radical (unpaired) electrons. The fraction of sp³-hybridized carbons (Fsp3) is 0.143. The van der Waals surface area contributed by atoms with E-state index in [0.717, 1.165) is 18.2 Å². The first-order valence-corrected chi connectivity index (χ1v) is 9.03. The zero-order chi connectivity index (χ0) is 22.7. The van der Waals surface area contributed by atoms with Gasteiger partial charge in [-0.25, -0.2) is 9.18 Å². The zero-order valence-corrected chi connectivity index (χ0v) is 16.5. The lowest BCUT2D eigenvalue weighted by molar-refractivity contribution is -0.387. The second kappa shape index (κ2) is 8.74. The number of aryl methyl sites for hydroxylation is 1. The minimum Gasteiger partial charge on any atom is -0.452 e. The number of rotatable bonds is 6. The van der Waals surface area contributed by atoms with Gasteiger partial charge in [0.1, 0.15) is 5.82 Å². The lowest BCUT2D eigenvalue weighted by atomic mass is 10.2. The number of halogens is 2. The summed E-state index contributed by atoms with van der Waals surface area (Å²) < 4.78 is 33.3. The number of anilines is 1. The van der Waals surface area contributed by atoms with Crippen molar-refractivity contribution in [2.45, 2.75) is 13.8 Å². The summed E-state index contributed by atoms with van der Waals surface area (Å²) in [5.74, 6) is -2.92. The number of ether oxygens (including phenoxy) is 1. The normalized spacial score (nSPS) is 10.6. The maximum absolute atomic E-state index is 13.4. The average molecular weight is 429 g/mol. The number of carbonyl (C=O) groups excluding carboxylic acids is 2. The Balaban J connectivity index is 1.68. The standard InChI is InChI=1S/C21H17F2N3O5/c1-12-9-17(13(2)25(12)16-6-3-14(22)4-7-16)21(28)31-11-20(27)24-15-5-8-18(23)19(10-15)26(29)30/h3-10H,11H2,1-2H3,(H,24,27). The van der Waals surface area contributed by atoms with Gasteiger partial charge in [-0.3, -0.25) is 14.9 Å². The maximum atomic E-state index is 13.4. The molecule has 0 aliphatic heterocycles. The van der Waals surface area contributed by atoms with Gasteiger partial charge in [-0.2, -0.15) is 4.39 Å². The van der Waals surface area contributed by atoms with Crippen LogP contribution in [0.25, 0.3) is 5.69 Å². The molecule has 1 N–H and O–H groups in total. The molecule has 0 saturated carbocycles. The lowest BCUT2D eigenvalue weighted by Gasteiger charge is -2.10. The van der Waals surface area contributed by atoms with Crippen LogP contribution in [0.2, 0.25) is 0 Å². The number of benzene rings is 2. The van der Waals surface area contributed by atoms with E-state index >= 15 is 0 Å². The largest absolute Gasteiger partial charge is 0.452 e. The number of nitrogens with zero attached hydrogens (tertiary/aromatic N) is 2. The van der Waals surface area contributed by atoms with Gasteiger partial charge in [0.15, 0.2) is 6.61 Å². The summed E-state index contributed by atoms with van der Waals surface area (Å²) in [5.41, 5.74) is 1.34. The quantitative estimate of drug-likeness (QED) is 0.361. The third-order valence-electron chi connectivity index (χ3n) is 4.50. The molecule has 0 bridgehead atoms. The van der Waals surface area contributed by atoms with Crippen LogP contribution < -0.4 is 5.32 Å². The Bertz CT molecular complexity index is 1170. The molecular weight excluding hydrogens is 412 g/mol. The topological polar surface area (TPSA) is 103 Å². The van der Waals surface area contributed by atoms with E-state index in [9.17, 15) is 28.5 Å². The Morgan fingerprint density at radius 2 is 1.77 bits per heavy atom. The predicted molar refractivity (Wildman–Crippen MR) is 107 cm³/mol. The number of nitro groups is 1. The van der Waals surface area contributed by atoms with Crippen molar-refractivity contribution in [3.8, 4) is 5.69 Å². The van der Waals surface area contributed by atoms with Crippen molar-refractivity contribution >= 4 is 23.3 Å². The van der Waals surface area contributed by atoms with Gasteiger partial charge in [0.2, 0.25) is 5.82 Å². The molecule has 0 aliphatic carbocycles. The van der Waals surface area contributed by atoms with Crippen LogP contribution in [-0.2, 0) is 9.53 Å². The highest BCUT2D eigenvalue weighted by atomic mass is 19.1. The number of hydrogen-bond acceptors (Lipinski definition) is 5. The molecule has 1 amide bonds. The van der Waals surface area contributed by atoms with Crippen LogP contribution in [0.4, 0.5) is 20.2 Å². The van der Waals surface area contributed by atoms with Crippen molar-refractivity contribution in [3.63, 3.8) is 0 Å². The third-order valence-corrected chi connectivity index (χ3v) is 4.50. The Kier molecular flexibility index (Phi) is 6.10. The van der Waals surface area contributed by atoms with Crippen molar-refractivity contribution in [2.75, 3.05) is 11.9 Å².